The first-order valence-corrected chi connectivity index (χ1v) is 11.0. The van der Waals surface area contributed by atoms with Gasteiger partial charge in [0.25, 0.3) is 0 Å². The van der Waals surface area contributed by atoms with Crippen LogP contribution in [-0.4, -0.2) is 12.2 Å². The molecule has 0 aromatic heterocycles. The van der Waals surface area contributed by atoms with E-state index in [9.17, 15) is 0 Å². The van der Waals surface area contributed by atoms with E-state index in [0.717, 1.165) is 51.9 Å². The Balaban J connectivity index is 2.17. The lowest BCUT2D eigenvalue weighted by Gasteiger charge is -2.21. The minimum Gasteiger partial charge on any atom is -0.490 e. The fourth-order valence-corrected chi connectivity index (χ4v) is 3.69. The topological polar surface area (TPSA) is 18.5 Å². The lowest BCUT2D eigenvalue weighted by molar-refractivity contribution is 0.218. The largest absolute Gasteiger partial charge is 0.490 e. The standard InChI is InChI=1S/C26H31O2P/c1-5-18(3)27-23-15-9-7-12-20(23)21-14-11-17-25(29)26(21)22-13-8-10-16-24(22)28-19(4)6-2/h7-19H,5-6,29H2,1-4H3. The molecular formula is C26H31O2P. The van der Waals surface area contributed by atoms with Crippen molar-refractivity contribution < 1.29 is 9.47 Å². The third-order valence-electron chi connectivity index (χ3n) is 5.24. The number of benzene rings is 3. The Morgan fingerprint density at radius 1 is 0.655 bits per heavy atom. The molecular weight excluding hydrogens is 375 g/mol. The Bertz CT molecular complexity index is 951. The van der Waals surface area contributed by atoms with Crippen LogP contribution in [0.15, 0.2) is 66.7 Å². The average molecular weight is 407 g/mol. The number of hydrogen-bond donors (Lipinski definition) is 0. The molecule has 0 fully saturated rings. The first kappa shape index (κ1) is 21.4. The zero-order chi connectivity index (χ0) is 20.8. The first-order chi connectivity index (χ1) is 14.0. The molecule has 0 aliphatic carbocycles. The zero-order valence-corrected chi connectivity index (χ0v) is 19.0. The van der Waals surface area contributed by atoms with Gasteiger partial charge in [0.05, 0.1) is 12.2 Å². The Hall–Kier alpha value is -2.31. The summed E-state index contributed by atoms with van der Waals surface area (Å²) in [5.74, 6) is 1.83. The summed E-state index contributed by atoms with van der Waals surface area (Å²) in [4.78, 5) is 0. The lowest BCUT2D eigenvalue weighted by atomic mass is 9.93. The van der Waals surface area contributed by atoms with E-state index in [1.807, 2.05) is 12.1 Å². The molecule has 0 N–H and O–H groups in total. The minimum atomic E-state index is 0.164. The number of rotatable bonds is 8. The summed E-state index contributed by atoms with van der Waals surface area (Å²) in [6.07, 6.45) is 2.27. The van der Waals surface area contributed by atoms with Crippen LogP contribution in [0.2, 0.25) is 0 Å². The molecule has 3 atom stereocenters. The molecule has 3 heteroatoms. The van der Waals surface area contributed by atoms with E-state index in [1.165, 1.54) is 0 Å². The predicted octanol–water partition coefficient (Wildman–Crippen LogP) is 6.88. The normalized spacial score (nSPS) is 13.0. The van der Waals surface area contributed by atoms with Crippen LogP contribution in [0, 0.1) is 0 Å². The van der Waals surface area contributed by atoms with E-state index in [0.29, 0.717) is 0 Å². The van der Waals surface area contributed by atoms with Crippen molar-refractivity contribution in [2.45, 2.75) is 52.7 Å². The molecule has 3 aromatic rings. The van der Waals surface area contributed by atoms with Crippen molar-refractivity contribution >= 4 is 14.5 Å². The van der Waals surface area contributed by atoms with Crippen molar-refractivity contribution in [2.24, 2.45) is 0 Å². The summed E-state index contributed by atoms with van der Waals surface area (Å²) in [6.45, 7) is 8.51. The Kier molecular flexibility index (Phi) is 7.34. The second kappa shape index (κ2) is 9.94. The average Bonchev–Trinajstić information content (AvgIpc) is 2.74. The van der Waals surface area contributed by atoms with Gasteiger partial charge in [0.1, 0.15) is 11.5 Å². The van der Waals surface area contributed by atoms with Crippen molar-refractivity contribution in [3.8, 4) is 33.8 Å². The van der Waals surface area contributed by atoms with Gasteiger partial charge in [-0.1, -0.05) is 68.4 Å². The van der Waals surface area contributed by atoms with E-state index in [1.54, 1.807) is 0 Å². The first-order valence-electron chi connectivity index (χ1n) is 10.5. The van der Waals surface area contributed by atoms with Crippen LogP contribution in [0.5, 0.6) is 11.5 Å². The Morgan fingerprint density at radius 3 is 1.72 bits per heavy atom. The van der Waals surface area contributed by atoms with Crippen LogP contribution >= 0.6 is 9.24 Å². The predicted molar refractivity (Wildman–Crippen MR) is 127 cm³/mol. The van der Waals surface area contributed by atoms with Crippen molar-refractivity contribution in [1.29, 1.82) is 0 Å². The van der Waals surface area contributed by atoms with Crippen LogP contribution in [-0.2, 0) is 0 Å². The zero-order valence-electron chi connectivity index (χ0n) is 17.8. The molecule has 0 saturated carbocycles. The molecule has 0 saturated heterocycles. The molecule has 0 spiro atoms. The smallest absolute Gasteiger partial charge is 0.127 e. The molecule has 0 aliphatic heterocycles. The summed E-state index contributed by atoms with van der Waals surface area (Å²) in [7, 11) is 2.89. The highest BCUT2D eigenvalue weighted by Crippen LogP contribution is 2.40. The maximum absolute atomic E-state index is 6.27. The van der Waals surface area contributed by atoms with Gasteiger partial charge in [-0.2, -0.15) is 0 Å². The van der Waals surface area contributed by atoms with Crippen LogP contribution in [0.25, 0.3) is 22.3 Å². The fourth-order valence-electron chi connectivity index (χ4n) is 3.26. The molecule has 2 nitrogen and oxygen atoms in total. The maximum atomic E-state index is 6.27. The van der Waals surface area contributed by atoms with Gasteiger partial charge in [0, 0.05) is 16.7 Å². The van der Waals surface area contributed by atoms with Crippen LogP contribution in [0.3, 0.4) is 0 Å². The molecule has 29 heavy (non-hydrogen) atoms. The molecule has 152 valence electrons. The van der Waals surface area contributed by atoms with Crippen LogP contribution < -0.4 is 14.8 Å². The van der Waals surface area contributed by atoms with E-state index < -0.39 is 0 Å². The number of ether oxygens (including phenoxy) is 2. The summed E-state index contributed by atoms with van der Waals surface area (Å²) in [5, 5.41) is 1.14. The van der Waals surface area contributed by atoms with E-state index in [4.69, 9.17) is 9.47 Å². The summed E-state index contributed by atoms with van der Waals surface area (Å²) >= 11 is 0. The summed E-state index contributed by atoms with van der Waals surface area (Å²) in [6, 6.07) is 23.0. The van der Waals surface area contributed by atoms with Gasteiger partial charge in [0.15, 0.2) is 0 Å². The molecule has 3 aromatic carbocycles. The molecule has 0 amide bonds. The van der Waals surface area contributed by atoms with Gasteiger partial charge in [-0.15, -0.1) is 9.24 Å². The number of hydrogen-bond acceptors (Lipinski definition) is 2. The fraction of sp³-hybridized carbons (Fsp3) is 0.308. The third kappa shape index (κ3) is 5.00. The van der Waals surface area contributed by atoms with Gasteiger partial charge in [-0.25, -0.2) is 0 Å². The second-order valence-electron chi connectivity index (χ2n) is 7.44. The summed E-state index contributed by atoms with van der Waals surface area (Å²) in [5.41, 5.74) is 4.52. The van der Waals surface area contributed by atoms with Gasteiger partial charge >= 0.3 is 0 Å². The SMILES string of the molecule is CCC(C)Oc1ccccc1-c1cccc(P)c1-c1ccccc1OC(C)CC. The minimum absolute atomic E-state index is 0.164. The Morgan fingerprint density at radius 2 is 1.14 bits per heavy atom. The highest BCUT2D eigenvalue weighted by molar-refractivity contribution is 7.28. The Labute approximate surface area is 177 Å². The third-order valence-corrected chi connectivity index (χ3v) is 5.72. The van der Waals surface area contributed by atoms with Crippen molar-refractivity contribution in [2.75, 3.05) is 0 Å². The lowest BCUT2D eigenvalue weighted by Crippen LogP contribution is -2.12. The van der Waals surface area contributed by atoms with E-state index in [2.05, 4.69) is 91.5 Å². The van der Waals surface area contributed by atoms with Gasteiger partial charge in [-0.3, -0.25) is 0 Å². The van der Waals surface area contributed by atoms with Crippen molar-refractivity contribution in [3.63, 3.8) is 0 Å². The molecule has 3 unspecified atom stereocenters. The molecule has 0 radical (unpaired) electrons. The molecule has 0 heterocycles. The molecule has 3 rings (SSSR count). The van der Waals surface area contributed by atoms with Crippen LogP contribution in [0.1, 0.15) is 40.5 Å². The van der Waals surface area contributed by atoms with Gasteiger partial charge < -0.3 is 9.47 Å². The van der Waals surface area contributed by atoms with E-state index in [-0.39, 0.29) is 12.2 Å². The molecule has 0 aliphatic rings. The quantitative estimate of drug-likeness (QED) is 0.380. The maximum Gasteiger partial charge on any atom is 0.127 e. The van der Waals surface area contributed by atoms with Crippen LogP contribution in [0.4, 0.5) is 0 Å². The highest BCUT2D eigenvalue weighted by atomic mass is 31.0. The highest BCUT2D eigenvalue weighted by Gasteiger charge is 2.18. The monoisotopic (exact) mass is 406 g/mol. The second-order valence-corrected chi connectivity index (χ2v) is 8.06. The van der Waals surface area contributed by atoms with Gasteiger partial charge in [-0.05, 0) is 49.7 Å². The summed E-state index contributed by atoms with van der Waals surface area (Å²) < 4.78 is 12.5. The van der Waals surface area contributed by atoms with Crippen molar-refractivity contribution in [1.82, 2.24) is 0 Å². The van der Waals surface area contributed by atoms with E-state index >= 15 is 0 Å². The molecule has 0 bridgehead atoms. The van der Waals surface area contributed by atoms with Gasteiger partial charge in [0.2, 0.25) is 0 Å². The van der Waals surface area contributed by atoms with Crippen molar-refractivity contribution in [3.05, 3.63) is 66.7 Å². The number of para-hydroxylation sites is 2.